The maximum Gasteiger partial charge on any atom is 0.338 e. The first-order chi connectivity index (χ1) is 12.9. The Morgan fingerprint density at radius 3 is 2.37 bits per heavy atom. The molecule has 0 aliphatic heterocycles. The molecule has 2 aromatic carbocycles. The zero-order valence-corrected chi connectivity index (χ0v) is 16.3. The predicted octanol–water partition coefficient (Wildman–Crippen LogP) is 3.94. The summed E-state index contributed by atoms with van der Waals surface area (Å²) < 4.78 is 4.93. The molecule has 142 valence electrons. The van der Waals surface area contributed by atoms with Gasteiger partial charge in [-0.2, -0.15) is 0 Å². The number of benzene rings is 2. The Balaban J connectivity index is 1.95. The van der Waals surface area contributed by atoms with E-state index in [1.165, 1.54) is 18.7 Å². The molecule has 7 heteroatoms. The number of hydrogen-bond donors (Lipinski definition) is 2. The molecule has 27 heavy (non-hydrogen) atoms. The molecule has 0 radical (unpaired) electrons. The van der Waals surface area contributed by atoms with E-state index in [1.54, 1.807) is 44.2 Å². The Morgan fingerprint density at radius 2 is 1.74 bits per heavy atom. The van der Waals surface area contributed by atoms with E-state index in [4.69, 9.17) is 4.74 Å². The maximum atomic E-state index is 12.4. The van der Waals surface area contributed by atoms with Crippen LogP contribution < -0.4 is 10.6 Å². The molecule has 1 unspecified atom stereocenters. The van der Waals surface area contributed by atoms with Gasteiger partial charge in [0.25, 0.3) is 0 Å². The number of hydrogen-bond acceptors (Lipinski definition) is 5. The molecular weight excluding hydrogens is 364 g/mol. The standard InChI is InChI=1S/C20H22N2O4S/c1-4-26-20(25)15-8-10-16(11-9-15)22-19(24)13(2)27-18-7-5-6-17(12-18)21-14(3)23/h5-13H,4H2,1-3H3,(H,21,23)(H,22,24). The summed E-state index contributed by atoms with van der Waals surface area (Å²) in [6.45, 7) is 5.31. The zero-order chi connectivity index (χ0) is 19.8. The number of carbonyl (C=O) groups is 3. The van der Waals surface area contributed by atoms with Crippen molar-refractivity contribution in [3.05, 3.63) is 54.1 Å². The summed E-state index contributed by atoms with van der Waals surface area (Å²) in [7, 11) is 0. The second kappa shape index (κ2) is 9.78. The van der Waals surface area contributed by atoms with Gasteiger partial charge in [-0.25, -0.2) is 4.79 Å². The summed E-state index contributed by atoms with van der Waals surface area (Å²) in [6.07, 6.45) is 0. The van der Waals surface area contributed by atoms with Crippen molar-refractivity contribution in [3.63, 3.8) is 0 Å². The van der Waals surface area contributed by atoms with Gasteiger partial charge in [0.15, 0.2) is 0 Å². The molecule has 0 aromatic heterocycles. The summed E-state index contributed by atoms with van der Waals surface area (Å²) in [5.74, 6) is -0.693. The molecule has 2 amide bonds. The summed E-state index contributed by atoms with van der Waals surface area (Å²) in [4.78, 5) is 36.1. The molecule has 2 N–H and O–H groups in total. The number of esters is 1. The summed E-state index contributed by atoms with van der Waals surface area (Å²) in [6, 6.07) is 13.9. The Hall–Kier alpha value is -2.80. The molecule has 6 nitrogen and oxygen atoms in total. The largest absolute Gasteiger partial charge is 0.462 e. The highest BCUT2D eigenvalue weighted by Gasteiger charge is 2.15. The SMILES string of the molecule is CCOC(=O)c1ccc(NC(=O)C(C)Sc2cccc(NC(C)=O)c2)cc1. The summed E-state index contributed by atoms with van der Waals surface area (Å²) >= 11 is 1.39. The van der Waals surface area contributed by atoms with Gasteiger partial charge in [-0.15, -0.1) is 11.8 Å². The van der Waals surface area contributed by atoms with Crippen LogP contribution in [-0.2, 0) is 14.3 Å². The van der Waals surface area contributed by atoms with Crippen LogP contribution in [-0.4, -0.2) is 29.6 Å². The van der Waals surface area contributed by atoms with Crippen LogP contribution in [0.1, 0.15) is 31.1 Å². The number of ether oxygens (including phenoxy) is 1. The van der Waals surface area contributed by atoms with Crippen LogP contribution in [0.15, 0.2) is 53.4 Å². The Bertz CT molecular complexity index is 821. The van der Waals surface area contributed by atoms with E-state index in [9.17, 15) is 14.4 Å². The molecule has 0 heterocycles. The first-order valence-electron chi connectivity index (χ1n) is 8.51. The lowest BCUT2D eigenvalue weighted by molar-refractivity contribution is -0.115. The minimum absolute atomic E-state index is 0.144. The smallest absolute Gasteiger partial charge is 0.338 e. The molecule has 0 saturated carbocycles. The summed E-state index contributed by atoms with van der Waals surface area (Å²) in [5.41, 5.74) is 1.73. The first-order valence-corrected chi connectivity index (χ1v) is 9.39. The van der Waals surface area contributed by atoms with Crippen LogP contribution in [0.2, 0.25) is 0 Å². The second-order valence-electron chi connectivity index (χ2n) is 5.76. The van der Waals surface area contributed by atoms with Crippen molar-refractivity contribution in [1.82, 2.24) is 0 Å². The van der Waals surface area contributed by atoms with Crippen LogP contribution in [0.5, 0.6) is 0 Å². The molecule has 0 aliphatic rings. The van der Waals surface area contributed by atoms with Crippen molar-refractivity contribution < 1.29 is 19.1 Å². The van der Waals surface area contributed by atoms with Gasteiger partial charge in [-0.05, 0) is 56.3 Å². The molecule has 0 aliphatic carbocycles. The van der Waals surface area contributed by atoms with Gasteiger partial charge >= 0.3 is 5.97 Å². The number of thioether (sulfide) groups is 1. The molecule has 0 fully saturated rings. The fraction of sp³-hybridized carbons (Fsp3) is 0.250. The lowest BCUT2D eigenvalue weighted by atomic mass is 10.2. The van der Waals surface area contributed by atoms with E-state index in [1.807, 2.05) is 18.2 Å². The maximum absolute atomic E-state index is 12.4. The van der Waals surface area contributed by atoms with E-state index >= 15 is 0 Å². The summed E-state index contributed by atoms with van der Waals surface area (Å²) in [5, 5.41) is 5.20. The van der Waals surface area contributed by atoms with Gasteiger partial charge in [-0.1, -0.05) is 6.07 Å². The van der Waals surface area contributed by atoms with Gasteiger partial charge in [0.05, 0.1) is 17.4 Å². The molecule has 0 saturated heterocycles. The van der Waals surface area contributed by atoms with Crippen LogP contribution in [0, 0.1) is 0 Å². The third kappa shape index (κ3) is 6.45. The molecule has 1 atom stereocenters. The monoisotopic (exact) mass is 386 g/mol. The van der Waals surface area contributed by atoms with Gasteiger partial charge in [0, 0.05) is 23.2 Å². The lowest BCUT2D eigenvalue weighted by Gasteiger charge is -2.13. The van der Waals surface area contributed by atoms with Crippen molar-refractivity contribution in [2.24, 2.45) is 0 Å². The van der Waals surface area contributed by atoms with E-state index in [0.29, 0.717) is 23.5 Å². The average Bonchev–Trinajstić information content (AvgIpc) is 2.62. The second-order valence-corrected chi connectivity index (χ2v) is 7.17. The van der Waals surface area contributed by atoms with Crippen molar-refractivity contribution in [2.75, 3.05) is 17.2 Å². The third-order valence-electron chi connectivity index (χ3n) is 3.50. The van der Waals surface area contributed by atoms with Gasteiger partial charge in [0.2, 0.25) is 11.8 Å². The highest BCUT2D eigenvalue weighted by molar-refractivity contribution is 8.00. The van der Waals surface area contributed by atoms with Crippen LogP contribution >= 0.6 is 11.8 Å². The number of nitrogens with one attached hydrogen (secondary N) is 2. The van der Waals surface area contributed by atoms with Gasteiger partial charge in [-0.3, -0.25) is 9.59 Å². The quantitative estimate of drug-likeness (QED) is 0.556. The highest BCUT2D eigenvalue weighted by Crippen LogP contribution is 2.26. The zero-order valence-electron chi connectivity index (χ0n) is 15.4. The molecule has 0 bridgehead atoms. The Morgan fingerprint density at radius 1 is 1.04 bits per heavy atom. The van der Waals surface area contributed by atoms with E-state index in [0.717, 1.165) is 4.90 Å². The number of amides is 2. The van der Waals surface area contributed by atoms with E-state index in [-0.39, 0.29) is 17.1 Å². The normalized spacial score (nSPS) is 11.4. The van der Waals surface area contributed by atoms with Crippen LogP contribution in [0.3, 0.4) is 0 Å². The highest BCUT2D eigenvalue weighted by atomic mass is 32.2. The van der Waals surface area contributed by atoms with Crippen molar-refractivity contribution in [1.29, 1.82) is 0 Å². The Labute approximate surface area is 162 Å². The molecule has 0 spiro atoms. The topological polar surface area (TPSA) is 84.5 Å². The Kier molecular flexibility index (Phi) is 7.43. The van der Waals surface area contributed by atoms with Gasteiger partial charge in [0.1, 0.15) is 0 Å². The van der Waals surface area contributed by atoms with Crippen LogP contribution in [0.25, 0.3) is 0 Å². The predicted molar refractivity (Wildman–Crippen MR) is 107 cm³/mol. The van der Waals surface area contributed by atoms with Crippen molar-refractivity contribution in [2.45, 2.75) is 30.9 Å². The van der Waals surface area contributed by atoms with Gasteiger partial charge < -0.3 is 15.4 Å². The number of anilines is 2. The molecular formula is C20H22N2O4S. The number of rotatable bonds is 7. The first kappa shape index (κ1) is 20.5. The minimum Gasteiger partial charge on any atom is -0.462 e. The average molecular weight is 386 g/mol. The van der Waals surface area contributed by atoms with Crippen molar-refractivity contribution in [3.8, 4) is 0 Å². The third-order valence-corrected chi connectivity index (χ3v) is 4.59. The van der Waals surface area contributed by atoms with Crippen LogP contribution in [0.4, 0.5) is 11.4 Å². The fourth-order valence-corrected chi connectivity index (χ4v) is 3.18. The minimum atomic E-state index is -0.390. The van der Waals surface area contributed by atoms with E-state index < -0.39 is 5.97 Å². The molecule has 2 aromatic rings. The van der Waals surface area contributed by atoms with E-state index in [2.05, 4.69) is 10.6 Å². The fourth-order valence-electron chi connectivity index (χ4n) is 2.26. The van der Waals surface area contributed by atoms with Crippen molar-refractivity contribution >= 4 is 40.9 Å². The molecule has 2 rings (SSSR count). The lowest BCUT2D eigenvalue weighted by Crippen LogP contribution is -2.22. The number of carbonyl (C=O) groups excluding carboxylic acids is 3.